The molecule has 1 atom stereocenters. The van der Waals surface area contributed by atoms with Crippen LogP contribution in [0.3, 0.4) is 0 Å². The van der Waals surface area contributed by atoms with Gasteiger partial charge in [0.1, 0.15) is 0 Å². The lowest BCUT2D eigenvalue weighted by molar-refractivity contribution is 0.0616. The maximum atomic E-state index is 9.31. The maximum Gasteiger partial charge on any atom is 0.0761 e. The van der Waals surface area contributed by atoms with Gasteiger partial charge in [-0.25, -0.2) is 0 Å². The first-order valence-electron chi connectivity index (χ1n) is 5.07. The van der Waals surface area contributed by atoms with Crippen LogP contribution in [0.4, 0.5) is 0 Å². The molecule has 0 aromatic heterocycles. The van der Waals surface area contributed by atoms with Gasteiger partial charge in [-0.05, 0) is 18.1 Å². The predicted octanol–water partition coefficient (Wildman–Crippen LogP) is 1.90. The van der Waals surface area contributed by atoms with Crippen molar-refractivity contribution >= 4 is 0 Å². The first-order valence-corrected chi connectivity index (χ1v) is 5.07. The SMILES string of the molecule is COCCOCc1ccc(C(C)O)cc1. The second kappa shape index (κ2) is 6.56. The van der Waals surface area contributed by atoms with E-state index < -0.39 is 6.10 Å². The lowest BCUT2D eigenvalue weighted by atomic mass is 10.1. The van der Waals surface area contributed by atoms with Crippen LogP contribution in [0.2, 0.25) is 0 Å². The Bertz CT molecular complexity index is 267. The summed E-state index contributed by atoms with van der Waals surface area (Å²) in [6.45, 7) is 3.56. The molecule has 1 rings (SSSR count). The third-order valence-corrected chi connectivity index (χ3v) is 2.16. The summed E-state index contributed by atoms with van der Waals surface area (Å²) in [7, 11) is 1.65. The van der Waals surface area contributed by atoms with Gasteiger partial charge in [-0.15, -0.1) is 0 Å². The van der Waals surface area contributed by atoms with Gasteiger partial charge in [0.25, 0.3) is 0 Å². The van der Waals surface area contributed by atoms with E-state index in [1.807, 2.05) is 24.3 Å². The Morgan fingerprint density at radius 2 is 1.87 bits per heavy atom. The summed E-state index contributed by atoms with van der Waals surface area (Å²) in [4.78, 5) is 0. The van der Waals surface area contributed by atoms with Crippen LogP contribution in [-0.4, -0.2) is 25.4 Å². The molecular formula is C12H18O3. The molecule has 3 nitrogen and oxygen atoms in total. The van der Waals surface area contributed by atoms with Crippen molar-refractivity contribution in [1.82, 2.24) is 0 Å². The molecule has 1 aromatic carbocycles. The molecule has 84 valence electrons. The number of aliphatic hydroxyl groups excluding tert-OH is 1. The molecule has 0 heterocycles. The number of benzene rings is 1. The zero-order chi connectivity index (χ0) is 11.1. The molecule has 3 heteroatoms. The summed E-state index contributed by atoms with van der Waals surface area (Å²) >= 11 is 0. The fourth-order valence-corrected chi connectivity index (χ4v) is 1.22. The van der Waals surface area contributed by atoms with Crippen molar-refractivity contribution in [3.05, 3.63) is 35.4 Å². The minimum atomic E-state index is -0.409. The Morgan fingerprint density at radius 1 is 1.20 bits per heavy atom. The average Bonchev–Trinajstić information content (AvgIpc) is 2.25. The van der Waals surface area contributed by atoms with Gasteiger partial charge in [0.2, 0.25) is 0 Å². The zero-order valence-corrected chi connectivity index (χ0v) is 9.27. The van der Waals surface area contributed by atoms with Crippen molar-refractivity contribution in [3.63, 3.8) is 0 Å². The van der Waals surface area contributed by atoms with Crippen molar-refractivity contribution in [3.8, 4) is 0 Å². The minimum absolute atomic E-state index is 0.409. The van der Waals surface area contributed by atoms with E-state index in [0.29, 0.717) is 19.8 Å². The number of hydrogen-bond donors (Lipinski definition) is 1. The van der Waals surface area contributed by atoms with Crippen molar-refractivity contribution in [2.75, 3.05) is 20.3 Å². The van der Waals surface area contributed by atoms with Gasteiger partial charge in [-0.2, -0.15) is 0 Å². The van der Waals surface area contributed by atoms with Crippen molar-refractivity contribution in [2.45, 2.75) is 19.6 Å². The second-order valence-electron chi connectivity index (χ2n) is 3.46. The first kappa shape index (κ1) is 12.2. The van der Waals surface area contributed by atoms with Crippen LogP contribution >= 0.6 is 0 Å². The molecule has 0 saturated heterocycles. The topological polar surface area (TPSA) is 38.7 Å². The highest BCUT2D eigenvalue weighted by molar-refractivity contribution is 5.23. The molecule has 0 aliphatic heterocycles. The number of ether oxygens (including phenoxy) is 2. The van der Waals surface area contributed by atoms with Crippen LogP contribution in [-0.2, 0) is 16.1 Å². The molecule has 0 saturated carbocycles. The van der Waals surface area contributed by atoms with E-state index in [2.05, 4.69) is 0 Å². The highest BCUT2D eigenvalue weighted by Crippen LogP contribution is 2.13. The van der Waals surface area contributed by atoms with Crippen molar-refractivity contribution in [1.29, 1.82) is 0 Å². The summed E-state index contributed by atoms with van der Waals surface area (Å²) in [5.41, 5.74) is 2.03. The molecule has 0 spiro atoms. The zero-order valence-electron chi connectivity index (χ0n) is 9.27. The smallest absolute Gasteiger partial charge is 0.0761 e. The van der Waals surface area contributed by atoms with E-state index in [4.69, 9.17) is 9.47 Å². The van der Waals surface area contributed by atoms with Crippen LogP contribution in [0.25, 0.3) is 0 Å². The van der Waals surface area contributed by atoms with Gasteiger partial charge in [0, 0.05) is 7.11 Å². The number of rotatable bonds is 6. The number of aliphatic hydroxyl groups is 1. The van der Waals surface area contributed by atoms with E-state index in [0.717, 1.165) is 11.1 Å². The fourth-order valence-electron chi connectivity index (χ4n) is 1.22. The third-order valence-electron chi connectivity index (χ3n) is 2.16. The molecule has 0 bridgehead atoms. The van der Waals surface area contributed by atoms with Gasteiger partial charge in [0.15, 0.2) is 0 Å². The summed E-state index contributed by atoms with van der Waals surface area (Å²) in [6.07, 6.45) is -0.409. The first-order chi connectivity index (χ1) is 7.24. The minimum Gasteiger partial charge on any atom is -0.389 e. The fraction of sp³-hybridized carbons (Fsp3) is 0.500. The Morgan fingerprint density at radius 3 is 2.40 bits per heavy atom. The molecule has 0 radical (unpaired) electrons. The Balaban J connectivity index is 2.36. The molecule has 0 amide bonds. The molecule has 15 heavy (non-hydrogen) atoms. The van der Waals surface area contributed by atoms with E-state index in [1.165, 1.54) is 0 Å². The maximum absolute atomic E-state index is 9.31. The van der Waals surface area contributed by atoms with Gasteiger partial charge >= 0.3 is 0 Å². The highest BCUT2D eigenvalue weighted by Gasteiger charge is 1.99. The predicted molar refractivity (Wildman–Crippen MR) is 58.6 cm³/mol. The molecule has 0 aliphatic rings. The Labute approximate surface area is 90.6 Å². The average molecular weight is 210 g/mol. The van der Waals surface area contributed by atoms with Gasteiger partial charge < -0.3 is 14.6 Å². The van der Waals surface area contributed by atoms with E-state index >= 15 is 0 Å². The lowest BCUT2D eigenvalue weighted by Crippen LogP contribution is -2.01. The normalized spacial score (nSPS) is 12.7. The largest absolute Gasteiger partial charge is 0.389 e. The van der Waals surface area contributed by atoms with Crippen molar-refractivity contribution < 1.29 is 14.6 Å². The Hall–Kier alpha value is -0.900. The quantitative estimate of drug-likeness (QED) is 0.729. The highest BCUT2D eigenvalue weighted by atomic mass is 16.5. The molecule has 1 N–H and O–H groups in total. The third kappa shape index (κ3) is 4.42. The van der Waals surface area contributed by atoms with Crippen LogP contribution in [0.1, 0.15) is 24.2 Å². The second-order valence-corrected chi connectivity index (χ2v) is 3.46. The Kier molecular flexibility index (Phi) is 5.32. The number of hydrogen-bond acceptors (Lipinski definition) is 3. The van der Waals surface area contributed by atoms with Crippen LogP contribution < -0.4 is 0 Å². The molecular weight excluding hydrogens is 192 g/mol. The van der Waals surface area contributed by atoms with E-state index in [9.17, 15) is 5.11 Å². The van der Waals surface area contributed by atoms with Crippen LogP contribution in [0.5, 0.6) is 0 Å². The van der Waals surface area contributed by atoms with Crippen molar-refractivity contribution in [2.24, 2.45) is 0 Å². The van der Waals surface area contributed by atoms with Gasteiger partial charge in [-0.1, -0.05) is 24.3 Å². The number of methoxy groups -OCH3 is 1. The summed E-state index contributed by atoms with van der Waals surface area (Å²) in [5, 5.41) is 9.31. The monoisotopic (exact) mass is 210 g/mol. The van der Waals surface area contributed by atoms with Gasteiger partial charge in [-0.3, -0.25) is 0 Å². The van der Waals surface area contributed by atoms with E-state index in [-0.39, 0.29) is 0 Å². The van der Waals surface area contributed by atoms with E-state index in [1.54, 1.807) is 14.0 Å². The standard InChI is InChI=1S/C12H18O3/c1-10(13)12-5-3-11(4-6-12)9-15-8-7-14-2/h3-6,10,13H,7-9H2,1-2H3. The molecule has 0 aliphatic carbocycles. The van der Waals surface area contributed by atoms with Gasteiger partial charge in [0.05, 0.1) is 25.9 Å². The summed E-state index contributed by atoms with van der Waals surface area (Å²) < 4.78 is 10.2. The van der Waals surface area contributed by atoms with Crippen LogP contribution in [0.15, 0.2) is 24.3 Å². The van der Waals surface area contributed by atoms with Crippen LogP contribution in [0, 0.1) is 0 Å². The molecule has 1 aromatic rings. The lowest BCUT2D eigenvalue weighted by Gasteiger charge is -2.07. The molecule has 0 fully saturated rings. The summed E-state index contributed by atoms with van der Waals surface area (Å²) in [5.74, 6) is 0. The molecule has 1 unspecified atom stereocenters. The summed E-state index contributed by atoms with van der Waals surface area (Å²) in [6, 6.07) is 7.77.